The van der Waals surface area contributed by atoms with Crippen molar-refractivity contribution in [3.05, 3.63) is 0 Å². The van der Waals surface area contributed by atoms with E-state index in [0.717, 1.165) is 38.5 Å². The molecule has 1 N–H and O–H groups in total. The Kier molecular flexibility index (Phi) is 5.47. The molecule has 1 saturated heterocycles. The largest absolute Gasteiger partial charge is 0.377 e. The molecule has 1 aliphatic heterocycles. The van der Waals surface area contributed by atoms with Crippen molar-refractivity contribution in [3.8, 4) is 0 Å². The minimum atomic E-state index is -3.16. The quantitative estimate of drug-likeness (QED) is 0.780. The topological polar surface area (TPSA) is 55.4 Å². The van der Waals surface area contributed by atoms with Crippen LogP contribution in [0.2, 0.25) is 0 Å². The van der Waals surface area contributed by atoms with Crippen molar-refractivity contribution in [2.75, 3.05) is 18.9 Å². The van der Waals surface area contributed by atoms with E-state index in [-0.39, 0.29) is 11.9 Å². The fraction of sp³-hybridized carbons (Fsp3) is 1.00. The van der Waals surface area contributed by atoms with Gasteiger partial charge in [0.2, 0.25) is 10.0 Å². The van der Waals surface area contributed by atoms with Crippen molar-refractivity contribution in [1.29, 1.82) is 0 Å². The van der Waals surface area contributed by atoms with Crippen LogP contribution in [0, 0.1) is 5.92 Å². The predicted octanol–water partition coefficient (Wildman–Crippen LogP) is 2.04. The standard InChI is InChI=1S/C12H22BrNO3S/c13-11-5-3-10(4-6-11)8-14-18(15,16)9-12-2-1-7-17-12/h10-12,14H,1-9H2. The Morgan fingerprint density at radius 3 is 2.50 bits per heavy atom. The summed E-state index contributed by atoms with van der Waals surface area (Å²) >= 11 is 3.61. The lowest BCUT2D eigenvalue weighted by Crippen LogP contribution is -2.36. The van der Waals surface area contributed by atoms with Gasteiger partial charge in [-0.1, -0.05) is 15.9 Å². The maximum Gasteiger partial charge on any atom is 0.214 e. The molecule has 4 nitrogen and oxygen atoms in total. The summed E-state index contributed by atoms with van der Waals surface area (Å²) in [4.78, 5) is 0.622. The van der Waals surface area contributed by atoms with E-state index in [1.165, 1.54) is 0 Å². The van der Waals surface area contributed by atoms with Gasteiger partial charge in [0.15, 0.2) is 0 Å². The van der Waals surface area contributed by atoms with Crippen molar-refractivity contribution in [2.45, 2.75) is 49.5 Å². The first-order valence-corrected chi connectivity index (χ1v) is 9.35. The fourth-order valence-corrected chi connectivity index (χ4v) is 4.54. The zero-order valence-corrected chi connectivity index (χ0v) is 13.0. The van der Waals surface area contributed by atoms with Gasteiger partial charge in [0.05, 0.1) is 11.9 Å². The number of nitrogens with one attached hydrogen (secondary N) is 1. The van der Waals surface area contributed by atoms with Gasteiger partial charge < -0.3 is 4.74 Å². The van der Waals surface area contributed by atoms with Crippen molar-refractivity contribution in [1.82, 2.24) is 4.72 Å². The van der Waals surface area contributed by atoms with E-state index in [1.807, 2.05) is 0 Å². The first-order valence-electron chi connectivity index (χ1n) is 6.78. The number of hydrogen-bond donors (Lipinski definition) is 1. The second kappa shape index (κ2) is 6.68. The number of sulfonamides is 1. The summed E-state index contributed by atoms with van der Waals surface area (Å²) in [6, 6.07) is 0. The molecule has 1 heterocycles. The maximum absolute atomic E-state index is 11.9. The SMILES string of the molecule is O=S(=O)(CC1CCCO1)NCC1CCC(Br)CC1. The Labute approximate surface area is 118 Å². The third-order valence-corrected chi connectivity index (χ3v) is 6.13. The number of ether oxygens (including phenoxy) is 1. The molecule has 1 atom stereocenters. The molecule has 0 spiro atoms. The van der Waals surface area contributed by atoms with Crippen LogP contribution in [-0.2, 0) is 14.8 Å². The van der Waals surface area contributed by atoms with Gasteiger partial charge in [0, 0.05) is 18.0 Å². The molecule has 0 aromatic heterocycles. The molecule has 1 aliphatic carbocycles. The zero-order valence-electron chi connectivity index (χ0n) is 10.6. The van der Waals surface area contributed by atoms with Crippen molar-refractivity contribution >= 4 is 26.0 Å². The molecule has 106 valence electrons. The van der Waals surface area contributed by atoms with Crippen LogP contribution in [-0.4, -0.2) is 38.3 Å². The Balaban J connectivity index is 1.71. The molecule has 2 fully saturated rings. The molecular weight excluding hydrogens is 318 g/mol. The predicted molar refractivity (Wildman–Crippen MR) is 75.4 cm³/mol. The molecule has 0 bridgehead atoms. The molecule has 2 rings (SSSR count). The number of halogens is 1. The first kappa shape index (κ1) is 14.8. The molecular formula is C12H22BrNO3S. The lowest BCUT2D eigenvalue weighted by atomic mass is 9.89. The van der Waals surface area contributed by atoms with Crippen LogP contribution in [0.4, 0.5) is 0 Å². The highest BCUT2D eigenvalue weighted by Gasteiger charge is 2.25. The van der Waals surface area contributed by atoms with E-state index in [2.05, 4.69) is 20.7 Å². The van der Waals surface area contributed by atoms with Crippen LogP contribution in [0.3, 0.4) is 0 Å². The summed E-state index contributed by atoms with van der Waals surface area (Å²) in [5, 5.41) is 0. The average molecular weight is 340 g/mol. The van der Waals surface area contributed by atoms with Gasteiger partial charge in [-0.15, -0.1) is 0 Å². The second-order valence-electron chi connectivity index (χ2n) is 5.38. The third-order valence-electron chi connectivity index (χ3n) is 3.80. The van der Waals surface area contributed by atoms with Crippen molar-refractivity contribution in [3.63, 3.8) is 0 Å². The van der Waals surface area contributed by atoms with Crippen LogP contribution >= 0.6 is 15.9 Å². The highest BCUT2D eigenvalue weighted by Crippen LogP contribution is 2.28. The summed E-state index contributed by atoms with van der Waals surface area (Å²) in [6.45, 7) is 1.30. The summed E-state index contributed by atoms with van der Waals surface area (Å²) < 4.78 is 31.9. The number of rotatable bonds is 5. The van der Waals surface area contributed by atoms with E-state index in [0.29, 0.717) is 23.9 Å². The Hall–Kier alpha value is 0.350. The molecule has 0 amide bonds. The van der Waals surface area contributed by atoms with Crippen LogP contribution in [0.15, 0.2) is 0 Å². The van der Waals surface area contributed by atoms with E-state index in [1.54, 1.807) is 0 Å². The molecule has 1 unspecified atom stereocenters. The van der Waals surface area contributed by atoms with Crippen molar-refractivity contribution < 1.29 is 13.2 Å². The van der Waals surface area contributed by atoms with Crippen LogP contribution in [0.5, 0.6) is 0 Å². The van der Waals surface area contributed by atoms with Crippen LogP contribution in [0.1, 0.15) is 38.5 Å². The van der Waals surface area contributed by atoms with E-state index >= 15 is 0 Å². The summed E-state index contributed by atoms with van der Waals surface area (Å²) in [7, 11) is -3.16. The summed E-state index contributed by atoms with van der Waals surface area (Å²) in [5.74, 6) is 0.624. The van der Waals surface area contributed by atoms with Gasteiger partial charge >= 0.3 is 0 Å². The van der Waals surface area contributed by atoms with Gasteiger partial charge in [-0.05, 0) is 44.4 Å². The van der Waals surface area contributed by atoms with Gasteiger partial charge in [-0.3, -0.25) is 0 Å². The molecule has 0 radical (unpaired) electrons. The smallest absolute Gasteiger partial charge is 0.214 e. The fourth-order valence-electron chi connectivity index (χ4n) is 2.65. The number of alkyl halides is 1. The average Bonchev–Trinajstić information content (AvgIpc) is 2.80. The summed E-state index contributed by atoms with van der Waals surface area (Å²) in [6.07, 6.45) is 6.28. The highest BCUT2D eigenvalue weighted by atomic mass is 79.9. The maximum atomic E-state index is 11.9. The molecule has 0 aromatic carbocycles. The third kappa shape index (κ3) is 4.79. The van der Waals surface area contributed by atoms with Crippen LogP contribution < -0.4 is 4.72 Å². The molecule has 2 aliphatic rings. The minimum absolute atomic E-state index is 0.0965. The zero-order chi connectivity index (χ0) is 13.0. The minimum Gasteiger partial charge on any atom is -0.377 e. The molecule has 0 aromatic rings. The first-order chi connectivity index (χ1) is 8.55. The van der Waals surface area contributed by atoms with Crippen LogP contribution in [0.25, 0.3) is 0 Å². The Morgan fingerprint density at radius 2 is 1.89 bits per heavy atom. The normalized spacial score (nSPS) is 33.7. The van der Waals surface area contributed by atoms with Gasteiger partial charge in [0.25, 0.3) is 0 Å². The lowest BCUT2D eigenvalue weighted by Gasteiger charge is -2.25. The van der Waals surface area contributed by atoms with Crippen molar-refractivity contribution in [2.24, 2.45) is 5.92 Å². The Morgan fingerprint density at radius 1 is 1.17 bits per heavy atom. The molecule has 18 heavy (non-hydrogen) atoms. The molecule has 6 heteroatoms. The lowest BCUT2D eigenvalue weighted by molar-refractivity contribution is 0.127. The van der Waals surface area contributed by atoms with Gasteiger partial charge in [-0.25, -0.2) is 13.1 Å². The molecule has 1 saturated carbocycles. The van der Waals surface area contributed by atoms with Gasteiger partial charge in [-0.2, -0.15) is 0 Å². The van der Waals surface area contributed by atoms with E-state index < -0.39 is 10.0 Å². The highest BCUT2D eigenvalue weighted by molar-refractivity contribution is 9.09. The Bertz CT molecular complexity index is 346. The summed E-state index contributed by atoms with van der Waals surface area (Å²) in [5.41, 5.74) is 0. The monoisotopic (exact) mass is 339 g/mol. The van der Waals surface area contributed by atoms with E-state index in [4.69, 9.17) is 4.74 Å². The van der Waals surface area contributed by atoms with E-state index in [9.17, 15) is 8.42 Å². The second-order valence-corrected chi connectivity index (χ2v) is 8.53. The number of hydrogen-bond acceptors (Lipinski definition) is 3. The van der Waals surface area contributed by atoms with Gasteiger partial charge in [0.1, 0.15) is 0 Å².